The van der Waals surface area contributed by atoms with Gasteiger partial charge in [0.05, 0.1) is 15.6 Å². The fourth-order valence-electron chi connectivity index (χ4n) is 2.11. The van der Waals surface area contributed by atoms with Crippen molar-refractivity contribution in [2.75, 3.05) is 18.0 Å². The number of hydrogen-bond acceptors (Lipinski definition) is 5. The summed E-state index contributed by atoms with van der Waals surface area (Å²) in [6.07, 6.45) is 0. The number of anilines is 1. The van der Waals surface area contributed by atoms with Crippen molar-refractivity contribution in [2.24, 2.45) is 10.2 Å². The number of nitro benzene ring substituents is 1. The SMILES string of the molecule is CCN(CC)c1ccc(N=Nc2ccc([N+](=O)[O-])cc2)c(Cl)c1. The Kier molecular flexibility index (Phi) is 5.65. The number of nitrogens with zero attached hydrogens (tertiary/aromatic N) is 4. The summed E-state index contributed by atoms with van der Waals surface area (Å²) in [4.78, 5) is 12.3. The van der Waals surface area contributed by atoms with Crippen LogP contribution < -0.4 is 4.90 Å². The largest absolute Gasteiger partial charge is 0.372 e. The third kappa shape index (κ3) is 4.26. The van der Waals surface area contributed by atoms with Crippen molar-refractivity contribution in [2.45, 2.75) is 13.8 Å². The van der Waals surface area contributed by atoms with Crippen molar-refractivity contribution in [3.05, 3.63) is 57.6 Å². The second-order valence-electron chi connectivity index (χ2n) is 4.78. The van der Waals surface area contributed by atoms with Crippen molar-refractivity contribution >= 4 is 34.4 Å². The van der Waals surface area contributed by atoms with Crippen LogP contribution in [0.25, 0.3) is 0 Å². The van der Waals surface area contributed by atoms with Gasteiger partial charge in [-0.3, -0.25) is 10.1 Å². The van der Waals surface area contributed by atoms with Crippen molar-refractivity contribution < 1.29 is 4.92 Å². The molecular formula is C16H17ClN4O2. The molecule has 0 radical (unpaired) electrons. The summed E-state index contributed by atoms with van der Waals surface area (Å²) in [5, 5.41) is 19.3. The summed E-state index contributed by atoms with van der Waals surface area (Å²) in [7, 11) is 0. The topological polar surface area (TPSA) is 71.1 Å². The average molecular weight is 333 g/mol. The first-order valence-electron chi connectivity index (χ1n) is 7.25. The van der Waals surface area contributed by atoms with E-state index in [2.05, 4.69) is 29.0 Å². The quantitative estimate of drug-likeness (QED) is 0.398. The van der Waals surface area contributed by atoms with Crippen molar-refractivity contribution in [3.8, 4) is 0 Å². The minimum absolute atomic E-state index is 0.0190. The van der Waals surface area contributed by atoms with Crippen LogP contribution in [0.3, 0.4) is 0 Å². The highest BCUT2D eigenvalue weighted by atomic mass is 35.5. The van der Waals surface area contributed by atoms with Crippen LogP contribution in [0.5, 0.6) is 0 Å². The standard InChI is InChI=1S/C16H17ClN4O2/c1-3-20(4-2)14-9-10-16(15(17)11-14)19-18-12-5-7-13(8-6-12)21(22)23/h5-11H,3-4H2,1-2H3. The molecule has 0 aliphatic carbocycles. The van der Waals surface area contributed by atoms with Gasteiger partial charge in [0.1, 0.15) is 5.69 Å². The van der Waals surface area contributed by atoms with Gasteiger partial charge < -0.3 is 4.90 Å². The average Bonchev–Trinajstić information content (AvgIpc) is 2.55. The highest BCUT2D eigenvalue weighted by Gasteiger charge is 2.06. The van der Waals surface area contributed by atoms with E-state index in [9.17, 15) is 10.1 Å². The lowest BCUT2D eigenvalue weighted by Crippen LogP contribution is -2.21. The number of nitro groups is 1. The Hall–Kier alpha value is -2.47. The highest BCUT2D eigenvalue weighted by molar-refractivity contribution is 6.33. The minimum Gasteiger partial charge on any atom is -0.372 e. The molecule has 0 N–H and O–H groups in total. The van der Waals surface area contributed by atoms with Gasteiger partial charge in [0.15, 0.2) is 0 Å². The molecule has 2 rings (SSSR count). The molecule has 23 heavy (non-hydrogen) atoms. The number of benzene rings is 2. The second-order valence-corrected chi connectivity index (χ2v) is 5.19. The third-order valence-corrected chi connectivity index (χ3v) is 3.70. The van der Waals surface area contributed by atoms with E-state index in [0.717, 1.165) is 18.8 Å². The van der Waals surface area contributed by atoms with Crippen LogP contribution in [0.1, 0.15) is 13.8 Å². The molecule has 0 unspecified atom stereocenters. The first-order chi connectivity index (χ1) is 11.0. The molecular weight excluding hydrogens is 316 g/mol. The van der Waals surface area contributed by atoms with Crippen molar-refractivity contribution in [1.29, 1.82) is 0 Å². The monoisotopic (exact) mass is 332 g/mol. The predicted molar refractivity (Wildman–Crippen MR) is 92.3 cm³/mol. The number of hydrogen-bond donors (Lipinski definition) is 0. The van der Waals surface area contributed by atoms with Gasteiger partial charge in [-0.2, -0.15) is 5.11 Å². The van der Waals surface area contributed by atoms with E-state index in [1.54, 1.807) is 12.1 Å². The van der Waals surface area contributed by atoms with E-state index < -0.39 is 4.92 Å². The molecule has 0 bridgehead atoms. The summed E-state index contributed by atoms with van der Waals surface area (Å²) >= 11 is 6.25. The summed E-state index contributed by atoms with van der Waals surface area (Å²) in [5.41, 5.74) is 2.14. The zero-order chi connectivity index (χ0) is 16.8. The lowest BCUT2D eigenvalue weighted by molar-refractivity contribution is -0.384. The van der Waals surface area contributed by atoms with Gasteiger partial charge in [-0.15, -0.1) is 5.11 Å². The molecule has 7 heteroatoms. The molecule has 0 fully saturated rings. The minimum atomic E-state index is -0.455. The zero-order valence-electron chi connectivity index (χ0n) is 12.9. The van der Waals surface area contributed by atoms with Gasteiger partial charge in [0.25, 0.3) is 5.69 Å². The van der Waals surface area contributed by atoms with Gasteiger partial charge in [-0.05, 0) is 44.2 Å². The Balaban J connectivity index is 2.17. The van der Waals surface area contributed by atoms with Gasteiger partial charge in [-0.1, -0.05) is 11.6 Å². The van der Waals surface area contributed by atoms with Gasteiger partial charge >= 0.3 is 0 Å². The van der Waals surface area contributed by atoms with E-state index in [1.165, 1.54) is 12.1 Å². The molecule has 0 aliphatic heterocycles. The van der Waals surface area contributed by atoms with Crippen molar-refractivity contribution in [1.82, 2.24) is 0 Å². The van der Waals surface area contributed by atoms with Crippen LogP contribution in [0.2, 0.25) is 5.02 Å². The smallest absolute Gasteiger partial charge is 0.269 e. The van der Waals surface area contributed by atoms with Crippen LogP contribution in [0, 0.1) is 10.1 Å². The van der Waals surface area contributed by atoms with E-state index in [4.69, 9.17) is 11.6 Å². The fourth-order valence-corrected chi connectivity index (χ4v) is 2.33. The molecule has 0 aliphatic rings. The Morgan fingerprint density at radius 2 is 1.74 bits per heavy atom. The molecule has 0 saturated carbocycles. The third-order valence-electron chi connectivity index (χ3n) is 3.39. The number of rotatable bonds is 6. The molecule has 0 aromatic heterocycles. The molecule has 2 aromatic rings. The maximum Gasteiger partial charge on any atom is 0.269 e. The molecule has 0 amide bonds. The lowest BCUT2D eigenvalue weighted by atomic mass is 10.2. The summed E-state index contributed by atoms with van der Waals surface area (Å²) in [5.74, 6) is 0. The maximum atomic E-state index is 10.6. The first kappa shape index (κ1) is 16.9. The lowest BCUT2D eigenvalue weighted by Gasteiger charge is -2.21. The summed E-state index contributed by atoms with van der Waals surface area (Å²) < 4.78 is 0. The number of halogens is 1. The van der Waals surface area contributed by atoms with Gasteiger partial charge in [0, 0.05) is 30.9 Å². The molecule has 0 saturated heterocycles. The van der Waals surface area contributed by atoms with Crippen molar-refractivity contribution in [3.63, 3.8) is 0 Å². The van der Waals surface area contributed by atoms with E-state index in [0.29, 0.717) is 16.4 Å². The van der Waals surface area contributed by atoms with Gasteiger partial charge in [0.2, 0.25) is 0 Å². The molecule has 2 aromatic carbocycles. The Morgan fingerprint density at radius 1 is 1.09 bits per heavy atom. The fraction of sp³-hybridized carbons (Fsp3) is 0.250. The van der Waals surface area contributed by atoms with E-state index in [1.807, 2.05) is 18.2 Å². The molecule has 0 heterocycles. The van der Waals surface area contributed by atoms with Crippen LogP contribution in [0.4, 0.5) is 22.7 Å². The number of non-ortho nitro benzene ring substituents is 1. The number of azo groups is 1. The second kappa shape index (κ2) is 7.69. The van der Waals surface area contributed by atoms with Crippen LogP contribution >= 0.6 is 11.6 Å². The van der Waals surface area contributed by atoms with Crippen LogP contribution in [0.15, 0.2) is 52.7 Å². The van der Waals surface area contributed by atoms with Crippen LogP contribution in [-0.4, -0.2) is 18.0 Å². The normalized spacial score (nSPS) is 10.9. The predicted octanol–water partition coefficient (Wildman–Crippen LogP) is 5.51. The van der Waals surface area contributed by atoms with E-state index >= 15 is 0 Å². The van der Waals surface area contributed by atoms with Gasteiger partial charge in [-0.25, -0.2) is 0 Å². The van der Waals surface area contributed by atoms with Crippen LogP contribution in [-0.2, 0) is 0 Å². The Morgan fingerprint density at radius 3 is 2.26 bits per heavy atom. The van der Waals surface area contributed by atoms with E-state index in [-0.39, 0.29) is 5.69 Å². The summed E-state index contributed by atoms with van der Waals surface area (Å²) in [6, 6.07) is 11.5. The molecule has 120 valence electrons. The molecule has 0 spiro atoms. The Bertz CT molecular complexity index is 713. The Labute approximate surface area is 139 Å². The first-order valence-corrected chi connectivity index (χ1v) is 7.63. The maximum absolute atomic E-state index is 10.6. The summed E-state index contributed by atoms with van der Waals surface area (Å²) in [6.45, 7) is 5.96. The zero-order valence-corrected chi connectivity index (χ0v) is 13.7. The molecule has 6 nitrogen and oxygen atoms in total. The molecule has 0 atom stereocenters. The highest BCUT2D eigenvalue weighted by Crippen LogP contribution is 2.31.